The molecule has 0 aliphatic rings. The summed E-state index contributed by atoms with van der Waals surface area (Å²) in [5.74, 6) is -0.175. The summed E-state index contributed by atoms with van der Waals surface area (Å²) in [5.41, 5.74) is 2.33. The number of anilines is 1. The summed E-state index contributed by atoms with van der Waals surface area (Å²) < 4.78 is 0. The summed E-state index contributed by atoms with van der Waals surface area (Å²) in [5, 5.41) is 4.06. The van der Waals surface area contributed by atoms with E-state index in [1.54, 1.807) is 24.3 Å². The Bertz CT molecular complexity index is 717. The maximum atomic E-state index is 12.3. The Hall–Kier alpha value is -1.33. The minimum Gasteiger partial charge on any atom is -0.322 e. The second-order valence-electron chi connectivity index (χ2n) is 5.33. The number of nitrogens with zero attached hydrogens (tertiary/aromatic N) is 2. The van der Waals surface area contributed by atoms with Crippen molar-refractivity contribution in [3.05, 3.63) is 56.8 Å². The summed E-state index contributed by atoms with van der Waals surface area (Å²) in [6.45, 7) is 5.44. The number of para-hydroxylation sites is 1. The van der Waals surface area contributed by atoms with E-state index in [9.17, 15) is 4.79 Å². The summed E-state index contributed by atoms with van der Waals surface area (Å²) in [4.78, 5) is 18.5. The Labute approximate surface area is 156 Å². The minimum absolute atomic E-state index is 0.175. The molecule has 1 N–H and O–H groups in total. The Morgan fingerprint density at radius 2 is 1.83 bits per heavy atom. The number of rotatable bonds is 6. The molecule has 0 bridgehead atoms. The molecular formula is C17H18Cl3N3O. The van der Waals surface area contributed by atoms with E-state index in [2.05, 4.69) is 10.3 Å². The highest BCUT2D eigenvalue weighted by atomic mass is 35.5. The van der Waals surface area contributed by atoms with Crippen LogP contribution in [0.4, 0.5) is 5.69 Å². The number of hydrogen-bond acceptors (Lipinski definition) is 3. The quantitative estimate of drug-likeness (QED) is 0.725. The van der Waals surface area contributed by atoms with Crippen LogP contribution in [0.25, 0.3) is 0 Å². The van der Waals surface area contributed by atoms with Gasteiger partial charge in [-0.05, 0) is 37.2 Å². The molecule has 2 rings (SSSR count). The number of carbonyl (C=O) groups is 1. The van der Waals surface area contributed by atoms with E-state index in [-0.39, 0.29) is 12.5 Å². The molecule has 0 unspecified atom stereocenters. The molecule has 1 aromatic heterocycles. The zero-order valence-electron chi connectivity index (χ0n) is 13.4. The van der Waals surface area contributed by atoms with Crippen molar-refractivity contribution >= 4 is 46.4 Å². The lowest BCUT2D eigenvalue weighted by Crippen LogP contribution is -2.33. The molecule has 0 saturated heterocycles. The average molecular weight is 387 g/mol. The van der Waals surface area contributed by atoms with Crippen LogP contribution in [0.15, 0.2) is 30.3 Å². The van der Waals surface area contributed by atoms with Gasteiger partial charge in [-0.25, -0.2) is 4.98 Å². The second-order valence-corrected chi connectivity index (χ2v) is 6.53. The summed E-state index contributed by atoms with van der Waals surface area (Å²) in [6, 6.07) is 8.78. The number of halogens is 3. The van der Waals surface area contributed by atoms with Gasteiger partial charge in [-0.2, -0.15) is 0 Å². The number of likely N-dealkylation sites (N-methyl/N-ethyl adjacent to an activating group) is 1. The van der Waals surface area contributed by atoms with Crippen molar-refractivity contribution in [2.75, 3.05) is 18.4 Å². The van der Waals surface area contributed by atoms with E-state index in [0.717, 1.165) is 11.3 Å². The predicted molar refractivity (Wildman–Crippen MR) is 100 cm³/mol. The minimum atomic E-state index is -0.175. The Kier molecular flexibility index (Phi) is 6.87. The van der Waals surface area contributed by atoms with Crippen LogP contribution in [-0.2, 0) is 11.3 Å². The lowest BCUT2D eigenvalue weighted by molar-refractivity contribution is -0.117. The summed E-state index contributed by atoms with van der Waals surface area (Å²) >= 11 is 18.0. The number of aryl methyl sites for hydroxylation is 1. The predicted octanol–water partition coefficient (Wildman–Crippen LogP) is 4.81. The molecule has 0 spiro atoms. The van der Waals surface area contributed by atoms with Gasteiger partial charge in [0.05, 0.1) is 22.3 Å². The van der Waals surface area contributed by atoms with E-state index >= 15 is 0 Å². The molecule has 1 heterocycles. The first-order chi connectivity index (χ1) is 11.4. The van der Waals surface area contributed by atoms with Crippen LogP contribution in [0.3, 0.4) is 0 Å². The molecule has 0 fully saturated rings. The van der Waals surface area contributed by atoms with E-state index in [4.69, 9.17) is 34.8 Å². The molecule has 128 valence electrons. The second kappa shape index (κ2) is 8.67. The third-order valence-corrected chi connectivity index (χ3v) is 4.44. The molecule has 4 nitrogen and oxygen atoms in total. The van der Waals surface area contributed by atoms with E-state index in [0.29, 0.717) is 34.0 Å². The van der Waals surface area contributed by atoms with E-state index < -0.39 is 0 Å². The standard InChI is InChI=1S/C17H18Cl3N3O/c1-3-23(9-12-7-8-15(20)21-11(12)2)10-16(24)22-17-13(18)5-4-6-14(17)19/h4-8H,3,9-10H2,1-2H3,(H,22,24). The number of carbonyl (C=O) groups excluding carboxylic acids is 1. The van der Waals surface area contributed by atoms with Gasteiger partial charge in [-0.15, -0.1) is 0 Å². The summed E-state index contributed by atoms with van der Waals surface area (Å²) in [7, 11) is 0. The molecule has 24 heavy (non-hydrogen) atoms. The van der Waals surface area contributed by atoms with E-state index in [1.807, 2.05) is 24.8 Å². The van der Waals surface area contributed by atoms with Crippen LogP contribution in [0, 0.1) is 6.92 Å². The maximum Gasteiger partial charge on any atom is 0.238 e. The van der Waals surface area contributed by atoms with Crippen molar-refractivity contribution < 1.29 is 4.79 Å². The molecule has 7 heteroatoms. The fourth-order valence-corrected chi connectivity index (χ4v) is 2.93. The molecule has 0 atom stereocenters. The largest absolute Gasteiger partial charge is 0.322 e. The van der Waals surface area contributed by atoms with Crippen LogP contribution >= 0.6 is 34.8 Å². The molecule has 0 aliphatic heterocycles. The van der Waals surface area contributed by atoms with Crippen molar-refractivity contribution in [2.24, 2.45) is 0 Å². The first kappa shape index (κ1) is 19.0. The van der Waals surface area contributed by atoms with Gasteiger partial charge in [-0.1, -0.05) is 53.9 Å². The fourth-order valence-electron chi connectivity index (χ4n) is 2.25. The highest BCUT2D eigenvalue weighted by Crippen LogP contribution is 2.29. The number of amides is 1. The van der Waals surface area contributed by atoms with Gasteiger partial charge in [0.2, 0.25) is 5.91 Å². The molecule has 0 saturated carbocycles. The fraction of sp³-hybridized carbons (Fsp3) is 0.294. The van der Waals surface area contributed by atoms with Crippen LogP contribution in [0.1, 0.15) is 18.2 Å². The lowest BCUT2D eigenvalue weighted by atomic mass is 10.2. The van der Waals surface area contributed by atoms with Gasteiger partial charge in [-0.3, -0.25) is 9.69 Å². The topological polar surface area (TPSA) is 45.2 Å². The molecular weight excluding hydrogens is 369 g/mol. The highest BCUT2D eigenvalue weighted by Gasteiger charge is 2.14. The monoisotopic (exact) mass is 385 g/mol. The van der Waals surface area contributed by atoms with Crippen molar-refractivity contribution in [3.63, 3.8) is 0 Å². The number of pyridine rings is 1. The Morgan fingerprint density at radius 1 is 1.17 bits per heavy atom. The number of benzene rings is 1. The highest BCUT2D eigenvalue weighted by molar-refractivity contribution is 6.39. The van der Waals surface area contributed by atoms with Crippen LogP contribution in [0.2, 0.25) is 15.2 Å². The summed E-state index contributed by atoms with van der Waals surface area (Å²) in [6.07, 6.45) is 0. The Balaban J connectivity index is 2.03. The average Bonchev–Trinajstić information content (AvgIpc) is 2.53. The van der Waals surface area contributed by atoms with Gasteiger partial charge in [0.25, 0.3) is 0 Å². The smallest absolute Gasteiger partial charge is 0.238 e. The maximum absolute atomic E-state index is 12.3. The first-order valence-corrected chi connectivity index (χ1v) is 8.62. The molecule has 1 aromatic carbocycles. The first-order valence-electron chi connectivity index (χ1n) is 7.49. The van der Waals surface area contributed by atoms with Crippen LogP contribution in [-0.4, -0.2) is 28.9 Å². The number of nitrogens with one attached hydrogen (secondary N) is 1. The van der Waals surface area contributed by atoms with Crippen LogP contribution < -0.4 is 5.32 Å². The zero-order chi connectivity index (χ0) is 17.7. The van der Waals surface area contributed by atoms with Crippen molar-refractivity contribution in [1.29, 1.82) is 0 Å². The molecule has 1 amide bonds. The Morgan fingerprint density at radius 3 is 2.42 bits per heavy atom. The number of hydrogen-bond donors (Lipinski definition) is 1. The lowest BCUT2D eigenvalue weighted by Gasteiger charge is -2.21. The molecule has 2 aromatic rings. The van der Waals surface area contributed by atoms with Crippen LogP contribution in [0.5, 0.6) is 0 Å². The van der Waals surface area contributed by atoms with Crippen molar-refractivity contribution in [2.45, 2.75) is 20.4 Å². The molecule has 0 aliphatic carbocycles. The van der Waals surface area contributed by atoms with Crippen molar-refractivity contribution in [3.8, 4) is 0 Å². The van der Waals surface area contributed by atoms with E-state index in [1.165, 1.54) is 0 Å². The normalized spacial score (nSPS) is 10.9. The van der Waals surface area contributed by atoms with Crippen molar-refractivity contribution in [1.82, 2.24) is 9.88 Å². The third kappa shape index (κ3) is 5.08. The SMILES string of the molecule is CCN(CC(=O)Nc1c(Cl)cccc1Cl)Cc1ccc(Cl)nc1C. The number of aromatic nitrogens is 1. The van der Waals surface area contributed by atoms with Gasteiger partial charge >= 0.3 is 0 Å². The van der Waals surface area contributed by atoms with Gasteiger partial charge in [0, 0.05) is 12.2 Å². The third-order valence-electron chi connectivity index (χ3n) is 3.60. The van der Waals surface area contributed by atoms with Gasteiger partial charge in [0.15, 0.2) is 0 Å². The van der Waals surface area contributed by atoms with Gasteiger partial charge in [0.1, 0.15) is 5.15 Å². The molecule has 0 radical (unpaired) electrons. The van der Waals surface area contributed by atoms with Gasteiger partial charge < -0.3 is 5.32 Å². The zero-order valence-corrected chi connectivity index (χ0v) is 15.7.